The molecule has 2 rings (SSSR count). The van der Waals surface area contributed by atoms with E-state index in [9.17, 15) is 0 Å². The predicted molar refractivity (Wildman–Crippen MR) is 74.9 cm³/mol. The molecule has 2 nitrogen and oxygen atoms in total. The molecule has 1 saturated heterocycles. The van der Waals surface area contributed by atoms with Gasteiger partial charge in [0.15, 0.2) is 0 Å². The van der Waals surface area contributed by atoms with Crippen LogP contribution >= 0.6 is 11.6 Å². The van der Waals surface area contributed by atoms with E-state index in [2.05, 4.69) is 22.8 Å². The van der Waals surface area contributed by atoms with Gasteiger partial charge in [0.2, 0.25) is 0 Å². The van der Waals surface area contributed by atoms with Gasteiger partial charge in [0.25, 0.3) is 0 Å². The highest BCUT2D eigenvalue weighted by atomic mass is 35.5. The van der Waals surface area contributed by atoms with Gasteiger partial charge in [-0.2, -0.15) is 0 Å². The summed E-state index contributed by atoms with van der Waals surface area (Å²) in [5.41, 5.74) is 2.26. The van der Waals surface area contributed by atoms with Gasteiger partial charge < -0.3 is 10.6 Å². The first kappa shape index (κ1) is 12.7. The van der Waals surface area contributed by atoms with Crippen molar-refractivity contribution < 1.29 is 0 Å². The monoisotopic (exact) mass is 252 g/mol. The van der Waals surface area contributed by atoms with E-state index in [0.29, 0.717) is 0 Å². The average Bonchev–Trinajstić information content (AvgIpc) is 2.35. The molecule has 1 aromatic rings. The van der Waals surface area contributed by atoms with Crippen molar-refractivity contribution in [1.29, 1.82) is 0 Å². The molecule has 3 heteroatoms. The van der Waals surface area contributed by atoms with Crippen LogP contribution in [0.25, 0.3) is 0 Å². The topological polar surface area (TPSA) is 24.1 Å². The summed E-state index contributed by atoms with van der Waals surface area (Å²) in [6.45, 7) is 5.43. The number of piperidine rings is 1. The lowest BCUT2D eigenvalue weighted by Gasteiger charge is -2.22. The van der Waals surface area contributed by atoms with Gasteiger partial charge in [-0.1, -0.05) is 17.7 Å². The third kappa shape index (κ3) is 3.90. The van der Waals surface area contributed by atoms with E-state index >= 15 is 0 Å². The Morgan fingerprint density at radius 1 is 1.47 bits per heavy atom. The molecule has 0 aliphatic carbocycles. The number of halogens is 1. The van der Waals surface area contributed by atoms with E-state index in [1.165, 1.54) is 32.4 Å². The minimum absolute atomic E-state index is 0.831. The van der Waals surface area contributed by atoms with Crippen LogP contribution in [-0.4, -0.2) is 19.6 Å². The van der Waals surface area contributed by atoms with Crippen molar-refractivity contribution in [3.8, 4) is 0 Å². The van der Waals surface area contributed by atoms with Crippen LogP contribution in [0, 0.1) is 12.8 Å². The van der Waals surface area contributed by atoms with Crippen LogP contribution in [0.1, 0.15) is 24.8 Å². The number of benzene rings is 1. The second-order valence-electron chi connectivity index (χ2n) is 4.89. The molecule has 1 unspecified atom stereocenters. The summed E-state index contributed by atoms with van der Waals surface area (Å²) in [5.74, 6) is 0.831. The van der Waals surface area contributed by atoms with E-state index in [4.69, 9.17) is 11.6 Å². The second-order valence-corrected chi connectivity index (χ2v) is 5.30. The summed E-state index contributed by atoms with van der Waals surface area (Å²) in [4.78, 5) is 0. The molecule has 17 heavy (non-hydrogen) atoms. The number of hydrogen-bond donors (Lipinski definition) is 2. The van der Waals surface area contributed by atoms with E-state index in [-0.39, 0.29) is 0 Å². The highest BCUT2D eigenvalue weighted by molar-refractivity contribution is 6.31. The van der Waals surface area contributed by atoms with Gasteiger partial charge in [0, 0.05) is 17.3 Å². The molecule has 0 amide bonds. The quantitative estimate of drug-likeness (QED) is 0.858. The number of aryl methyl sites for hydroxylation is 1. The molecule has 1 fully saturated rings. The van der Waals surface area contributed by atoms with Gasteiger partial charge in [-0.25, -0.2) is 0 Å². The minimum atomic E-state index is 0.831. The molecule has 0 aromatic heterocycles. The largest absolute Gasteiger partial charge is 0.385 e. The van der Waals surface area contributed by atoms with E-state index < -0.39 is 0 Å². The van der Waals surface area contributed by atoms with Gasteiger partial charge in [0.1, 0.15) is 0 Å². The van der Waals surface area contributed by atoms with Gasteiger partial charge in [-0.05, 0) is 62.9 Å². The molecule has 0 bridgehead atoms. The summed E-state index contributed by atoms with van der Waals surface area (Å²) in [6.07, 6.45) is 3.92. The highest BCUT2D eigenvalue weighted by Gasteiger charge is 2.11. The molecule has 0 radical (unpaired) electrons. The van der Waals surface area contributed by atoms with Crippen LogP contribution in [0.2, 0.25) is 5.02 Å². The van der Waals surface area contributed by atoms with Crippen LogP contribution in [0.4, 0.5) is 5.69 Å². The van der Waals surface area contributed by atoms with E-state index in [1.807, 2.05) is 13.0 Å². The Morgan fingerprint density at radius 2 is 2.35 bits per heavy atom. The van der Waals surface area contributed by atoms with Crippen LogP contribution in [-0.2, 0) is 0 Å². The number of nitrogens with one attached hydrogen (secondary N) is 2. The first-order valence-corrected chi connectivity index (χ1v) is 6.84. The molecule has 1 heterocycles. The lowest BCUT2D eigenvalue weighted by atomic mass is 9.96. The lowest BCUT2D eigenvalue weighted by molar-refractivity contribution is 0.364. The Morgan fingerprint density at radius 3 is 3.06 bits per heavy atom. The normalized spacial score (nSPS) is 20.2. The molecule has 0 saturated carbocycles. The molecular weight excluding hydrogens is 232 g/mol. The molecule has 2 N–H and O–H groups in total. The fourth-order valence-corrected chi connectivity index (χ4v) is 2.47. The summed E-state index contributed by atoms with van der Waals surface area (Å²) in [6, 6.07) is 6.17. The summed E-state index contributed by atoms with van der Waals surface area (Å²) >= 11 is 6.09. The first-order chi connectivity index (χ1) is 8.25. The molecule has 94 valence electrons. The van der Waals surface area contributed by atoms with Crippen molar-refractivity contribution in [1.82, 2.24) is 5.32 Å². The molecule has 1 aromatic carbocycles. The maximum Gasteiger partial charge on any atom is 0.0455 e. The van der Waals surface area contributed by atoms with Gasteiger partial charge in [-0.3, -0.25) is 0 Å². The summed E-state index contributed by atoms with van der Waals surface area (Å²) in [7, 11) is 0. The number of rotatable bonds is 4. The second kappa shape index (κ2) is 6.27. The van der Waals surface area contributed by atoms with Gasteiger partial charge in [-0.15, -0.1) is 0 Å². The van der Waals surface area contributed by atoms with Crippen molar-refractivity contribution in [2.45, 2.75) is 26.2 Å². The maximum absolute atomic E-state index is 6.09. The third-order valence-electron chi connectivity index (χ3n) is 3.45. The third-order valence-corrected chi connectivity index (χ3v) is 3.86. The zero-order chi connectivity index (χ0) is 12.1. The Bertz CT molecular complexity index is 359. The highest BCUT2D eigenvalue weighted by Crippen LogP contribution is 2.20. The number of hydrogen-bond acceptors (Lipinski definition) is 2. The molecule has 1 aliphatic heterocycles. The maximum atomic E-state index is 6.09. The Kier molecular flexibility index (Phi) is 4.69. The Labute approximate surface area is 109 Å². The van der Waals surface area contributed by atoms with Crippen molar-refractivity contribution >= 4 is 17.3 Å². The average molecular weight is 253 g/mol. The van der Waals surface area contributed by atoms with Crippen LogP contribution < -0.4 is 10.6 Å². The fourth-order valence-electron chi connectivity index (χ4n) is 2.29. The van der Waals surface area contributed by atoms with Gasteiger partial charge in [0.05, 0.1) is 0 Å². The first-order valence-electron chi connectivity index (χ1n) is 6.46. The standard InChI is InChI=1S/C14H21ClN2/c1-11-4-5-13(9-14(11)15)17-8-6-12-3-2-7-16-10-12/h4-5,9,12,16-17H,2-3,6-8,10H2,1H3. The smallest absolute Gasteiger partial charge is 0.0455 e. The van der Waals surface area contributed by atoms with E-state index in [1.54, 1.807) is 0 Å². The Hall–Kier alpha value is -0.730. The predicted octanol–water partition coefficient (Wildman–Crippen LogP) is 3.45. The van der Waals surface area contributed by atoms with Crippen molar-refractivity contribution in [2.24, 2.45) is 5.92 Å². The van der Waals surface area contributed by atoms with E-state index in [0.717, 1.165) is 28.7 Å². The SMILES string of the molecule is Cc1ccc(NCCC2CCCNC2)cc1Cl. The lowest BCUT2D eigenvalue weighted by Crippen LogP contribution is -2.30. The molecule has 1 atom stereocenters. The number of anilines is 1. The van der Waals surface area contributed by atoms with Crippen molar-refractivity contribution in [3.05, 3.63) is 28.8 Å². The van der Waals surface area contributed by atoms with Crippen molar-refractivity contribution in [3.63, 3.8) is 0 Å². The van der Waals surface area contributed by atoms with Crippen LogP contribution in [0.5, 0.6) is 0 Å². The molecular formula is C14H21ClN2. The molecule has 1 aliphatic rings. The van der Waals surface area contributed by atoms with Crippen LogP contribution in [0.3, 0.4) is 0 Å². The van der Waals surface area contributed by atoms with Crippen LogP contribution in [0.15, 0.2) is 18.2 Å². The van der Waals surface area contributed by atoms with Gasteiger partial charge >= 0.3 is 0 Å². The molecule has 0 spiro atoms. The summed E-state index contributed by atoms with van der Waals surface area (Å²) < 4.78 is 0. The fraction of sp³-hybridized carbons (Fsp3) is 0.571. The summed E-state index contributed by atoms with van der Waals surface area (Å²) in [5, 5.41) is 7.74. The Balaban J connectivity index is 1.75. The zero-order valence-corrected chi connectivity index (χ0v) is 11.2. The van der Waals surface area contributed by atoms with Crippen molar-refractivity contribution in [2.75, 3.05) is 25.0 Å². The minimum Gasteiger partial charge on any atom is -0.385 e. The zero-order valence-electron chi connectivity index (χ0n) is 10.4.